The van der Waals surface area contributed by atoms with Crippen LogP contribution in [0.4, 0.5) is 0 Å². The van der Waals surface area contributed by atoms with Crippen molar-refractivity contribution in [3.05, 3.63) is 35.9 Å². The van der Waals surface area contributed by atoms with E-state index < -0.39 is 5.60 Å². The number of hydrogen-bond acceptors (Lipinski definition) is 4. The van der Waals surface area contributed by atoms with Gasteiger partial charge in [0.1, 0.15) is 6.10 Å². The van der Waals surface area contributed by atoms with E-state index in [0.29, 0.717) is 40.6 Å². The van der Waals surface area contributed by atoms with Gasteiger partial charge in [0.15, 0.2) is 0 Å². The fourth-order valence-electron chi connectivity index (χ4n) is 10.8. The molecule has 0 spiro atoms. The molecular formula is C37H55NO3. The van der Waals surface area contributed by atoms with E-state index in [1.54, 1.807) is 12.1 Å². The first kappa shape index (κ1) is 30.6. The van der Waals surface area contributed by atoms with Gasteiger partial charge in [0.2, 0.25) is 0 Å². The molecule has 0 heterocycles. The molecule has 0 unspecified atom stereocenters. The van der Waals surface area contributed by atoms with E-state index in [1.807, 2.05) is 25.1 Å². The quantitative estimate of drug-likeness (QED) is 0.305. The van der Waals surface area contributed by atoms with Crippen LogP contribution in [0.1, 0.15) is 128 Å². The molecule has 0 radical (unpaired) electrons. The number of aliphatic hydroxyl groups is 1. The van der Waals surface area contributed by atoms with E-state index in [-0.39, 0.29) is 18.0 Å². The van der Waals surface area contributed by atoms with E-state index >= 15 is 0 Å². The highest BCUT2D eigenvalue weighted by atomic mass is 16.5. The fraction of sp³-hybridized carbons (Fsp3) is 0.784. The maximum absolute atomic E-state index is 12.9. The van der Waals surface area contributed by atoms with Crippen molar-refractivity contribution in [2.24, 2.45) is 52.3 Å². The number of esters is 1. The summed E-state index contributed by atoms with van der Waals surface area (Å²) >= 11 is 0. The molecule has 1 N–H and O–H groups in total. The SMILES string of the molecule is CC[C@H](C#N)[C@@H](CC[C@@H](C)[C@H]1CC[C@H]2[C@@H]3CC[C@H]4C[C@](O)(CC)CC[C@]4(C)[C@H]3CC[C@]12C)OC(=O)c1ccccc1. The van der Waals surface area contributed by atoms with Gasteiger partial charge < -0.3 is 9.84 Å². The summed E-state index contributed by atoms with van der Waals surface area (Å²) in [6, 6.07) is 11.6. The number of hydrogen-bond donors (Lipinski definition) is 1. The molecule has 4 saturated carbocycles. The number of nitriles is 1. The summed E-state index contributed by atoms with van der Waals surface area (Å²) in [5.41, 5.74) is 0.918. The summed E-state index contributed by atoms with van der Waals surface area (Å²) < 4.78 is 6.00. The molecule has 4 aliphatic carbocycles. The molecule has 226 valence electrons. The van der Waals surface area contributed by atoms with Crippen LogP contribution in [-0.2, 0) is 4.74 Å². The van der Waals surface area contributed by atoms with Crippen molar-refractivity contribution < 1.29 is 14.6 Å². The zero-order valence-corrected chi connectivity index (χ0v) is 26.4. The summed E-state index contributed by atoms with van der Waals surface area (Å²) in [6.45, 7) is 11.8. The number of carbonyl (C=O) groups is 1. The molecule has 4 heteroatoms. The van der Waals surface area contributed by atoms with Gasteiger partial charge in [-0.3, -0.25) is 0 Å². The number of ether oxygens (including phenoxy) is 1. The number of carbonyl (C=O) groups excluding carboxylic acids is 1. The summed E-state index contributed by atoms with van der Waals surface area (Å²) in [6.07, 6.45) is 14.2. The van der Waals surface area contributed by atoms with Crippen molar-refractivity contribution in [1.82, 2.24) is 0 Å². The third kappa shape index (κ3) is 5.62. The van der Waals surface area contributed by atoms with Gasteiger partial charge in [0.25, 0.3) is 0 Å². The van der Waals surface area contributed by atoms with Gasteiger partial charge in [-0.15, -0.1) is 0 Å². The Kier molecular flexibility index (Phi) is 8.97. The lowest BCUT2D eigenvalue weighted by Gasteiger charge is -2.62. The van der Waals surface area contributed by atoms with Crippen LogP contribution in [0.2, 0.25) is 0 Å². The van der Waals surface area contributed by atoms with Gasteiger partial charge in [-0.05, 0) is 142 Å². The largest absolute Gasteiger partial charge is 0.457 e. The minimum absolute atomic E-state index is 0.269. The zero-order valence-electron chi connectivity index (χ0n) is 26.4. The highest BCUT2D eigenvalue weighted by Crippen LogP contribution is 2.69. The Morgan fingerprint density at radius 1 is 1.00 bits per heavy atom. The molecule has 0 bridgehead atoms. The van der Waals surface area contributed by atoms with E-state index in [0.717, 1.165) is 49.9 Å². The van der Waals surface area contributed by atoms with Crippen molar-refractivity contribution in [1.29, 1.82) is 5.26 Å². The average Bonchev–Trinajstić information content (AvgIpc) is 3.34. The third-order valence-corrected chi connectivity index (χ3v) is 13.5. The highest BCUT2D eigenvalue weighted by Gasteiger charge is 2.61. The standard InChI is InChI=1S/C37H55NO3/c1-6-26(24-38)33(41-34(39)27-11-9-8-10-12-27)18-13-25(3)30-16-17-31-29-15-14-28-23-37(40,7-2)22-21-35(28,4)32(29)19-20-36(30,31)5/h8-12,25-26,28-33,40H,6-7,13-23H2,1-5H3/t25-,26-,28+,29+,30-,31+,32+,33-,35+,36-,37+/m1/s1. The van der Waals surface area contributed by atoms with Gasteiger partial charge in [-0.1, -0.05) is 52.8 Å². The molecule has 0 amide bonds. The van der Waals surface area contributed by atoms with Crippen molar-refractivity contribution in [2.75, 3.05) is 0 Å². The van der Waals surface area contributed by atoms with Crippen LogP contribution in [0.3, 0.4) is 0 Å². The number of fused-ring (bicyclic) bond motifs is 5. The molecule has 4 fully saturated rings. The Labute approximate surface area is 249 Å². The third-order valence-electron chi connectivity index (χ3n) is 13.5. The second-order valence-electron chi connectivity index (χ2n) is 15.2. The summed E-state index contributed by atoms with van der Waals surface area (Å²) in [5.74, 6) is 3.82. The van der Waals surface area contributed by atoms with Crippen LogP contribution in [0.15, 0.2) is 30.3 Å². The summed E-state index contributed by atoms with van der Waals surface area (Å²) in [5, 5.41) is 21.0. The Bertz CT molecular complexity index is 1100. The molecule has 1 aromatic rings. The van der Waals surface area contributed by atoms with Gasteiger partial charge in [-0.25, -0.2) is 4.79 Å². The van der Waals surface area contributed by atoms with Crippen molar-refractivity contribution >= 4 is 5.97 Å². The monoisotopic (exact) mass is 561 g/mol. The minimum atomic E-state index is -0.427. The van der Waals surface area contributed by atoms with Crippen molar-refractivity contribution in [3.8, 4) is 6.07 Å². The van der Waals surface area contributed by atoms with Crippen molar-refractivity contribution in [3.63, 3.8) is 0 Å². The number of benzene rings is 1. The van der Waals surface area contributed by atoms with Crippen LogP contribution < -0.4 is 0 Å². The predicted octanol–water partition coefficient (Wildman–Crippen LogP) is 8.98. The maximum Gasteiger partial charge on any atom is 0.338 e. The lowest BCUT2D eigenvalue weighted by atomic mass is 9.43. The molecule has 1 aromatic carbocycles. The van der Waals surface area contributed by atoms with E-state index in [1.165, 1.54) is 44.9 Å². The molecular weight excluding hydrogens is 506 g/mol. The first-order valence-corrected chi connectivity index (χ1v) is 17.0. The van der Waals surface area contributed by atoms with Gasteiger partial charge in [0, 0.05) is 0 Å². The second kappa shape index (κ2) is 12.0. The summed E-state index contributed by atoms with van der Waals surface area (Å²) in [4.78, 5) is 12.9. The lowest BCUT2D eigenvalue weighted by molar-refractivity contribution is -0.152. The number of nitrogens with zero attached hydrogens (tertiary/aromatic N) is 1. The first-order chi connectivity index (χ1) is 19.6. The molecule has 4 aliphatic rings. The Morgan fingerprint density at radius 3 is 2.41 bits per heavy atom. The molecule has 0 aromatic heterocycles. The normalized spacial score (nSPS) is 40.3. The smallest absolute Gasteiger partial charge is 0.338 e. The van der Waals surface area contributed by atoms with Crippen LogP contribution >= 0.6 is 0 Å². The summed E-state index contributed by atoms with van der Waals surface area (Å²) in [7, 11) is 0. The second-order valence-corrected chi connectivity index (χ2v) is 15.2. The van der Waals surface area contributed by atoms with Gasteiger partial charge in [-0.2, -0.15) is 5.26 Å². The Hall–Kier alpha value is -1.86. The first-order valence-electron chi connectivity index (χ1n) is 17.0. The van der Waals surface area contributed by atoms with Gasteiger partial charge >= 0.3 is 5.97 Å². The Balaban J connectivity index is 1.24. The average molecular weight is 562 g/mol. The van der Waals surface area contributed by atoms with Crippen LogP contribution in [0.5, 0.6) is 0 Å². The predicted molar refractivity (Wildman–Crippen MR) is 164 cm³/mol. The van der Waals surface area contributed by atoms with E-state index in [2.05, 4.69) is 33.8 Å². The van der Waals surface area contributed by atoms with Crippen LogP contribution in [0, 0.1) is 63.6 Å². The molecule has 5 rings (SSSR count). The highest BCUT2D eigenvalue weighted by molar-refractivity contribution is 5.89. The minimum Gasteiger partial charge on any atom is -0.457 e. The van der Waals surface area contributed by atoms with E-state index in [4.69, 9.17) is 4.74 Å². The lowest BCUT2D eigenvalue weighted by Crippen LogP contribution is -2.56. The Morgan fingerprint density at radius 2 is 1.73 bits per heavy atom. The maximum atomic E-state index is 12.9. The van der Waals surface area contributed by atoms with Crippen molar-refractivity contribution in [2.45, 2.75) is 130 Å². The van der Waals surface area contributed by atoms with E-state index in [9.17, 15) is 15.2 Å². The zero-order chi connectivity index (χ0) is 29.4. The molecule has 11 atom stereocenters. The van der Waals surface area contributed by atoms with Crippen LogP contribution in [0.25, 0.3) is 0 Å². The van der Waals surface area contributed by atoms with Crippen LogP contribution in [-0.4, -0.2) is 22.8 Å². The molecule has 4 nitrogen and oxygen atoms in total. The topological polar surface area (TPSA) is 70.3 Å². The van der Waals surface area contributed by atoms with Gasteiger partial charge in [0.05, 0.1) is 23.2 Å². The molecule has 0 saturated heterocycles. The molecule has 41 heavy (non-hydrogen) atoms. The fourth-order valence-corrected chi connectivity index (χ4v) is 10.8. The molecule has 0 aliphatic heterocycles. The number of rotatable bonds is 9.